The van der Waals surface area contributed by atoms with Crippen molar-refractivity contribution in [3.63, 3.8) is 0 Å². The van der Waals surface area contributed by atoms with Crippen molar-refractivity contribution in [2.45, 2.75) is 39.8 Å². The van der Waals surface area contributed by atoms with E-state index in [2.05, 4.69) is 132 Å². The number of ether oxygens (including phenoxy) is 4. The lowest BCUT2D eigenvalue weighted by Gasteiger charge is -2.15. The summed E-state index contributed by atoms with van der Waals surface area (Å²) in [6.45, 7) is 6.99. The standard InChI is InChI=1S/C31H31I4N3O5/c1-20-3-5-22(6-4-20)19-41-12-11-40-10-8-38-18-24(36-37-38)7-9-42-30-28(34)16-25(17-29(30)35)43-31-26(32)14-23(13-21(2)39)15-27(31)33/h3-6,14-18H,7-13,19H2,1-2H3. The molecule has 0 aliphatic carbocycles. The molecule has 12 heteroatoms. The van der Waals surface area contributed by atoms with Crippen LogP contribution in [0, 0.1) is 21.2 Å². The maximum atomic E-state index is 11.5. The van der Waals surface area contributed by atoms with Crippen molar-refractivity contribution in [2.24, 2.45) is 0 Å². The SMILES string of the molecule is CC(=O)Cc1cc(I)c(Oc2cc(I)c(OCCc3cn(CCOCCOCc4ccc(C)cc4)nn3)c(I)c2)c(I)c1. The van der Waals surface area contributed by atoms with Crippen LogP contribution >= 0.6 is 90.4 Å². The van der Waals surface area contributed by atoms with Gasteiger partial charge in [0.1, 0.15) is 17.3 Å². The van der Waals surface area contributed by atoms with E-state index in [0.29, 0.717) is 52.4 Å². The average Bonchev–Trinajstić information content (AvgIpc) is 3.40. The third kappa shape index (κ3) is 11.3. The molecule has 0 atom stereocenters. The van der Waals surface area contributed by atoms with Gasteiger partial charge in [-0.1, -0.05) is 35.0 Å². The molecule has 1 heterocycles. The second-order valence-electron chi connectivity index (χ2n) is 9.81. The molecule has 0 bridgehead atoms. The van der Waals surface area contributed by atoms with E-state index in [-0.39, 0.29) is 5.78 Å². The van der Waals surface area contributed by atoms with Gasteiger partial charge in [-0.3, -0.25) is 4.79 Å². The highest BCUT2D eigenvalue weighted by atomic mass is 127. The highest BCUT2D eigenvalue weighted by molar-refractivity contribution is 14.1. The number of nitrogens with zero attached hydrogens (tertiary/aromatic N) is 3. The Morgan fingerprint density at radius 2 is 1.47 bits per heavy atom. The Morgan fingerprint density at radius 3 is 2.14 bits per heavy atom. The van der Waals surface area contributed by atoms with E-state index in [4.69, 9.17) is 18.9 Å². The lowest BCUT2D eigenvalue weighted by molar-refractivity contribution is -0.116. The Balaban J connectivity index is 1.19. The molecule has 0 radical (unpaired) electrons. The molecule has 43 heavy (non-hydrogen) atoms. The smallest absolute Gasteiger partial charge is 0.154 e. The van der Waals surface area contributed by atoms with Crippen LogP contribution in [0.5, 0.6) is 17.2 Å². The molecule has 0 aliphatic heterocycles. The van der Waals surface area contributed by atoms with Gasteiger partial charge in [0.25, 0.3) is 0 Å². The molecular weight excluding hydrogens is 1000 g/mol. The number of aromatic nitrogens is 3. The summed E-state index contributed by atoms with van der Waals surface area (Å²) < 4.78 is 29.4. The van der Waals surface area contributed by atoms with Gasteiger partial charge in [-0.05, 0) is 140 Å². The average molecular weight is 1030 g/mol. The topological polar surface area (TPSA) is 84.7 Å². The molecular formula is C31H31I4N3O5. The van der Waals surface area contributed by atoms with Crippen LogP contribution in [-0.2, 0) is 40.3 Å². The Bertz CT molecular complexity index is 1480. The van der Waals surface area contributed by atoms with E-state index >= 15 is 0 Å². The number of carbonyl (C=O) groups excluding carboxylic acids is 1. The molecule has 0 N–H and O–H groups in total. The highest BCUT2D eigenvalue weighted by Crippen LogP contribution is 2.37. The Labute approximate surface area is 306 Å². The van der Waals surface area contributed by atoms with Gasteiger partial charge >= 0.3 is 0 Å². The molecule has 0 fully saturated rings. The van der Waals surface area contributed by atoms with E-state index in [0.717, 1.165) is 48.4 Å². The van der Waals surface area contributed by atoms with Crippen LogP contribution in [-0.4, -0.2) is 47.2 Å². The summed E-state index contributed by atoms with van der Waals surface area (Å²) in [4.78, 5) is 11.5. The summed E-state index contributed by atoms with van der Waals surface area (Å²) in [6.07, 6.45) is 2.99. The van der Waals surface area contributed by atoms with Gasteiger partial charge in [-0.25, -0.2) is 4.68 Å². The summed E-state index contributed by atoms with van der Waals surface area (Å²) in [7, 11) is 0. The van der Waals surface area contributed by atoms with Crippen LogP contribution in [0.1, 0.15) is 29.3 Å². The molecule has 0 spiro atoms. The van der Waals surface area contributed by atoms with E-state index in [1.165, 1.54) is 5.56 Å². The van der Waals surface area contributed by atoms with Gasteiger partial charge in [0, 0.05) is 19.0 Å². The van der Waals surface area contributed by atoms with Crippen molar-refractivity contribution in [3.05, 3.63) is 91.4 Å². The van der Waals surface area contributed by atoms with E-state index in [1.807, 2.05) is 30.5 Å². The number of carbonyl (C=O) groups is 1. The Kier molecular flexibility index (Phi) is 14.2. The van der Waals surface area contributed by atoms with Crippen LogP contribution in [0.2, 0.25) is 0 Å². The number of aryl methyl sites for hydroxylation is 1. The van der Waals surface area contributed by atoms with Crippen LogP contribution in [0.25, 0.3) is 0 Å². The van der Waals surface area contributed by atoms with Gasteiger partial charge in [0.05, 0.1) is 59.6 Å². The van der Waals surface area contributed by atoms with Crippen LogP contribution in [0.3, 0.4) is 0 Å². The molecule has 228 valence electrons. The zero-order valence-electron chi connectivity index (χ0n) is 23.7. The molecule has 0 saturated heterocycles. The fraction of sp³-hybridized carbons (Fsp3) is 0.323. The molecule has 0 saturated carbocycles. The largest absolute Gasteiger partial charge is 0.491 e. The van der Waals surface area contributed by atoms with Crippen LogP contribution < -0.4 is 9.47 Å². The molecule has 4 rings (SSSR count). The number of hydrogen-bond acceptors (Lipinski definition) is 7. The molecule has 8 nitrogen and oxygen atoms in total. The van der Waals surface area contributed by atoms with Crippen molar-refractivity contribution < 1.29 is 23.7 Å². The van der Waals surface area contributed by atoms with Crippen molar-refractivity contribution >= 4 is 96.1 Å². The second kappa shape index (κ2) is 17.6. The van der Waals surface area contributed by atoms with Crippen molar-refractivity contribution in [1.82, 2.24) is 15.0 Å². The van der Waals surface area contributed by atoms with Crippen molar-refractivity contribution in [2.75, 3.05) is 26.4 Å². The number of halogens is 4. The van der Waals surface area contributed by atoms with Gasteiger partial charge < -0.3 is 18.9 Å². The minimum Gasteiger partial charge on any atom is -0.491 e. The lowest BCUT2D eigenvalue weighted by atomic mass is 10.1. The Morgan fingerprint density at radius 1 is 0.814 bits per heavy atom. The number of Topliss-reactive ketones (excluding diaryl/α,β-unsaturated/α-hetero) is 1. The van der Waals surface area contributed by atoms with Crippen molar-refractivity contribution in [1.29, 1.82) is 0 Å². The van der Waals surface area contributed by atoms with E-state index in [1.54, 1.807) is 11.6 Å². The third-order valence-corrected chi connectivity index (χ3v) is 9.32. The van der Waals surface area contributed by atoms with Gasteiger partial charge in [0.15, 0.2) is 5.75 Å². The fourth-order valence-corrected chi connectivity index (χ4v) is 8.16. The molecule has 1 aromatic heterocycles. The van der Waals surface area contributed by atoms with Crippen molar-refractivity contribution in [3.8, 4) is 17.2 Å². The molecule has 4 aromatic rings. The van der Waals surface area contributed by atoms with Gasteiger partial charge in [-0.15, -0.1) is 5.10 Å². The first kappa shape index (κ1) is 34.8. The maximum absolute atomic E-state index is 11.5. The zero-order chi connectivity index (χ0) is 30.8. The molecule has 3 aromatic carbocycles. The molecule has 0 aliphatic rings. The summed E-state index contributed by atoms with van der Waals surface area (Å²) in [5, 5.41) is 8.47. The monoisotopic (exact) mass is 1030 g/mol. The number of benzene rings is 3. The predicted octanol–water partition coefficient (Wildman–Crippen LogP) is 7.78. The fourth-order valence-electron chi connectivity index (χ4n) is 4.02. The number of rotatable bonds is 16. The van der Waals surface area contributed by atoms with E-state index in [9.17, 15) is 4.79 Å². The maximum Gasteiger partial charge on any atom is 0.154 e. The number of hydrogen-bond donors (Lipinski definition) is 0. The van der Waals surface area contributed by atoms with Crippen LogP contribution in [0.15, 0.2) is 54.7 Å². The molecule has 0 amide bonds. The lowest BCUT2D eigenvalue weighted by Crippen LogP contribution is -2.10. The first-order valence-corrected chi connectivity index (χ1v) is 17.9. The highest BCUT2D eigenvalue weighted by Gasteiger charge is 2.15. The second-order valence-corrected chi connectivity index (χ2v) is 14.5. The first-order valence-electron chi connectivity index (χ1n) is 13.5. The normalized spacial score (nSPS) is 11.1. The summed E-state index contributed by atoms with van der Waals surface area (Å²) in [5.74, 6) is 2.48. The summed E-state index contributed by atoms with van der Waals surface area (Å²) >= 11 is 9.06. The predicted molar refractivity (Wildman–Crippen MR) is 199 cm³/mol. The van der Waals surface area contributed by atoms with Crippen LogP contribution in [0.4, 0.5) is 0 Å². The summed E-state index contributed by atoms with van der Waals surface area (Å²) in [6, 6.07) is 16.3. The van der Waals surface area contributed by atoms with Gasteiger partial charge in [0.2, 0.25) is 0 Å². The zero-order valence-corrected chi connectivity index (χ0v) is 32.4. The first-order chi connectivity index (χ1) is 20.7. The minimum atomic E-state index is 0.140. The quantitative estimate of drug-likeness (QED) is 0.0838. The van der Waals surface area contributed by atoms with E-state index < -0.39 is 0 Å². The number of ketones is 1. The Hall–Kier alpha value is -1.09. The third-order valence-electron chi connectivity index (χ3n) is 6.12. The molecule has 0 unspecified atom stereocenters. The minimum absolute atomic E-state index is 0.140. The summed E-state index contributed by atoms with van der Waals surface area (Å²) in [5.41, 5.74) is 4.26. The van der Waals surface area contributed by atoms with Gasteiger partial charge in [-0.2, -0.15) is 0 Å².